The Morgan fingerprint density at radius 2 is 1.77 bits per heavy atom. The zero-order valence-electron chi connectivity index (χ0n) is 24.5. The summed E-state index contributed by atoms with van der Waals surface area (Å²) in [7, 11) is -3.49. The lowest BCUT2D eigenvalue weighted by molar-refractivity contribution is 0.102. The molecule has 0 bridgehead atoms. The second kappa shape index (κ2) is 11.8. The number of hydrogen-bond donors (Lipinski definition) is 4. The number of carbonyl (C=O) groups is 1. The van der Waals surface area contributed by atoms with Crippen LogP contribution in [-0.2, 0) is 16.6 Å². The summed E-state index contributed by atoms with van der Waals surface area (Å²) in [4.78, 5) is 29.1. The first kappa shape index (κ1) is 29.8. The number of halogens is 2. The highest BCUT2D eigenvalue weighted by atomic mass is 32.2. The molecule has 0 unspecified atom stereocenters. The molecular weight excluding hydrogens is 626 g/mol. The van der Waals surface area contributed by atoms with Crippen LogP contribution in [0.15, 0.2) is 91.4 Å². The van der Waals surface area contributed by atoms with Crippen molar-refractivity contribution in [3.8, 4) is 33.8 Å². The van der Waals surface area contributed by atoms with Gasteiger partial charge in [0.05, 0.1) is 18.1 Å². The van der Waals surface area contributed by atoms with Crippen LogP contribution >= 0.6 is 0 Å². The van der Waals surface area contributed by atoms with E-state index < -0.39 is 21.7 Å². The molecule has 0 fully saturated rings. The largest absolute Gasteiger partial charge is 0.321 e. The van der Waals surface area contributed by atoms with Crippen LogP contribution in [0.4, 0.5) is 14.5 Å². The van der Waals surface area contributed by atoms with Crippen molar-refractivity contribution in [1.29, 1.82) is 0 Å². The maximum Gasteiger partial charge on any atom is 0.255 e. The normalized spacial score (nSPS) is 11.7. The molecule has 4 aromatic heterocycles. The number of imidazole rings is 1. The van der Waals surface area contributed by atoms with Crippen LogP contribution < -0.4 is 10.0 Å². The fraction of sp³-hybridized carbons (Fsp3) is 0.0606. The molecule has 14 heteroatoms. The molecule has 0 aliphatic heterocycles. The van der Waals surface area contributed by atoms with E-state index in [1.54, 1.807) is 54.7 Å². The zero-order chi connectivity index (χ0) is 32.7. The van der Waals surface area contributed by atoms with Crippen LogP contribution in [0.25, 0.3) is 55.8 Å². The van der Waals surface area contributed by atoms with Gasteiger partial charge < -0.3 is 10.3 Å². The molecule has 0 aliphatic carbocycles. The number of sulfonamides is 1. The van der Waals surface area contributed by atoms with Gasteiger partial charge in [-0.15, -0.1) is 0 Å². The van der Waals surface area contributed by atoms with Gasteiger partial charge in [0.25, 0.3) is 5.91 Å². The predicted molar refractivity (Wildman–Crippen MR) is 174 cm³/mol. The Labute approximate surface area is 266 Å². The predicted octanol–water partition coefficient (Wildman–Crippen LogP) is 5.81. The highest BCUT2D eigenvalue weighted by molar-refractivity contribution is 7.88. The second-order valence-corrected chi connectivity index (χ2v) is 12.7. The molecule has 4 heterocycles. The molecule has 0 saturated carbocycles. The SMILES string of the molecule is CS(=O)(=O)NCc1cc(F)cc(-c2ccnc3[nH]c(-c4n[nH]c5c(F)cc(-c6cncc(NC(=O)c7ccccc7)c6)cc45)nc23)c1. The van der Waals surface area contributed by atoms with Crippen molar-refractivity contribution in [2.75, 3.05) is 11.6 Å². The van der Waals surface area contributed by atoms with Crippen molar-refractivity contribution in [2.45, 2.75) is 6.54 Å². The van der Waals surface area contributed by atoms with Gasteiger partial charge in [-0.1, -0.05) is 18.2 Å². The van der Waals surface area contributed by atoms with Crippen molar-refractivity contribution < 1.29 is 22.0 Å². The third kappa shape index (κ3) is 6.19. The summed E-state index contributed by atoms with van der Waals surface area (Å²) < 4.78 is 55.6. The van der Waals surface area contributed by atoms with E-state index in [4.69, 9.17) is 4.98 Å². The lowest BCUT2D eigenvalue weighted by Crippen LogP contribution is -2.21. The zero-order valence-corrected chi connectivity index (χ0v) is 25.4. The number of benzene rings is 3. The summed E-state index contributed by atoms with van der Waals surface area (Å²) in [5.41, 5.74) is 4.69. The number of H-pyrrole nitrogens is 2. The third-order valence-electron chi connectivity index (χ3n) is 7.41. The molecule has 7 aromatic rings. The summed E-state index contributed by atoms with van der Waals surface area (Å²) in [6.45, 7) is -0.0887. The number of carbonyl (C=O) groups excluding carboxylic acids is 1. The number of fused-ring (bicyclic) bond motifs is 2. The van der Waals surface area contributed by atoms with E-state index in [0.717, 1.165) is 6.26 Å². The first-order valence-corrected chi connectivity index (χ1v) is 16.1. The molecule has 4 N–H and O–H groups in total. The standard InChI is InChI=1S/C33H24F2N8O3S/c1-47(45,46)38-15-18-9-21(11-23(34)10-18)25-7-8-37-31-29(25)40-32(41-31)30-26-13-20(14-27(35)28(26)42-43-30)22-12-24(17-36-16-22)39-33(44)19-5-3-2-4-6-19/h2-14,16-17,38H,15H2,1H3,(H,39,44)(H,42,43)(H,37,40,41). The van der Waals surface area contributed by atoms with E-state index >= 15 is 4.39 Å². The van der Waals surface area contributed by atoms with Crippen molar-refractivity contribution in [3.63, 3.8) is 0 Å². The fourth-order valence-electron chi connectivity index (χ4n) is 5.26. The maximum atomic E-state index is 15.4. The smallest absolute Gasteiger partial charge is 0.255 e. The molecule has 1 amide bonds. The molecule has 234 valence electrons. The number of nitrogens with one attached hydrogen (secondary N) is 4. The molecule has 0 spiro atoms. The molecule has 7 rings (SSSR count). The fourth-order valence-corrected chi connectivity index (χ4v) is 5.69. The molecule has 11 nitrogen and oxygen atoms in total. The van der Waals surface area contributed by atoms with Crippen LogP contribution in [0, 0.1) is 11.6 Å². The molecule has 0 aliphatic rings. The highest BCUT2D eigenvalue weighted by Crippen LogP contribution is 2.34. The molecule has 0 atom stereocenters. The number of amides is 1. The van der Waals surface area contributed by atoms with Crippen molar-refractivity contribution >= 4 is 43.7 Å². The Morgan fingerprint density at radius 1 is 0.936 bits per heavy atom. The summed E-state index contributed by atoms with van der Waals surface area (Å²) in [6, 6.07) is 19.4. The minimum absolute atomic E-state index is 0.0887. The topological polar surface area (TPSA) is 158 Å². The highest BCUT2D eigenvalue weighted by Gasteiger charge is 2.19. The first-order chi connectivity index (χ1) is 22.6. The van der Waals surface area contributed by atoms with Gasteiger partial charge in [-0.3, -0.25) is 14.9 Å². The van der Waals surface area contributed by atoms with Crippen LogP contribution in [-0.4, -0.2) is 50.7 Å². The number of pyridine rings is 2. The quantitative estimate of drug-likeness (QED) is 0.162. The van der Waals surface area contributed by atoms with Crippen molar-refractivity contribution in [1.82, 2.24) is 34.9 Å². The monoisotopic (exact) mass is 650 g/mol. The van der Waals surface area contributed by atoms with Gasteiger partial charge in [0, 0.05) is 41.0 Å². The lowest BCUT2D eigenvalue weighted by atomic mass is 10.0. The molecule has 0 radical (unpaired) electrons. The summed E-state index contributed by atoms with van der Waals surface area (Å²) in [6.07, 6.45) is 5.63. The molecule has 3 aromatic carbocycles. The molecular formula is C33H24F2N8O3S. The number of nitrogens with zero attached hydrogens (tertiary/aromatic N) is 4. The maximum absolute atomic E-state index is 15.4. The number of anilines is 1. The van der Waals surface area contributed by atoms with Crippen molar-refractivity contribution in [2.24, 2.45) is 0 Å². The van der Waals surface area contributed by atoms with Gasteiger partial charge in [0.15, 0.2) is 11.5 Å². The minimum Gasteiger partial charge on any atom is -0.321 e. The summed E-state index contributed by atoms with van der Waals surface area (Å²) >= 11 is 0. The Bertz CT molecular complexity index is 2430. The van der Waals surface area contributed by atoms with E-state index in [1.165, 1.54) is 30.6 Å². The van der Waals surface area contributed by atoms with Gasteiger partial charge in [0.1, 0.15) is 28.4 Å². The number of rotatable bonds is 8. The Balaban J connectivity index is 1.25. The number of aromatic amines is 2. The van der Waals surface area contributed by atoms with E-state index in [0.29, 0.717) is 67.1 Å². The lowest BCUT2D eigenvalue weighted by Gasteiger charge is -2.08. The average molecular weight is 651 g/mol. The summed E-state index contributed by atoms with van der Waals surface area (Å²) in [5.74, 6) is -1.12. The van der Waals surface area contributed by atoms with Gasteiger partial charge in [-0.2, -0.15) is 5.10 Å². The first-order valence-electron chi connectivity index (χ1n) is 14.2. The number of hydrogen-bond acceptors (Lipinski definition) is 7. The van der Waals surface area contributed by atoms with Gasteiger partial charge in [0.2, 0.25) is 10.0 Å². The van der Waals surface area contributed by atoms with Gasteiger partial charge in [-0.25, -0.2) is 31.9 Å². The Kier molecular flexibility index (Phi) is 7.50. The van der Waals surface area contributed by atoms with Gasteiger partial charge in [-0.05, 0) is 71.3 Å². The van der Waals surface area contributed by atoms with Crippen LogP contribution in [0.5, 0.6) is 0 Å². The second-order valence-electron chi connectivity index (χ2n) is 10.8. The summed E-state index contributed by atoms with van der Waals surface area (Å²) in [5, 5.41) is 10.3. The van der Waals surface area contributed by atoms with Gasteiger partial charge >= 0.3 is 0 Å². The Hall–Kier alpha value is -5.86. The van der Waals surface area contributed by atoms with E-state index in [9.17, 15) is 17.6 Å². The van der Waals surface area contributed by atoms with E-state index in [-0.39, 0.29) is 18.0 Å². The van der Waals surface area contributed by atoms with Crippen LogP contribution in [0.2, 0.25) is 0 Å². The van der Waals surface area contributed by atoms with Crippen LogP contribution in [0.1, 0.15) is 15.9 Å². The van der Waals surface area contributed by atoms with Crippen LogP contribution in [0.3, 0.4) is 0 Å². The van der Waals surface area contributed by atoms with Crippen molar-refractivity contribution in [3.05, 3.63) is 114 Å². The average Bonchev–Trinajstić information content (AvgIpc) is 3.68. The molecule has 0 saturated heterocycles. The minimum atomic E-state index is -3.49. The number of aromatic nitrogens is 6. The third-order valence-corrected chi connectivity index (χ3v) is 8.08. The van der Waals surface area contributed by atoms with E-state index in [1.807, 2.05) is 6.07 Å². The van der Waals surface area contributed by atoms with E-state index in [2.05, 4.69) is 35.2 Å². The Morgan fingerprint density at radius 3 is 2.57 bits per heavy atom. The molecule has 47 heavy (non-hydrogen) atoms.